The van der Waals surface area contributed by atoms with Crippen molar-refractivity contribution in [3.05, 3.63) is 77.7 Å². The Hall–Kier alpha value is -2.06. The Kier molecular flexibility index (Phi) is 3.34. The van der Waals surface area contributed by atoms with Crippen LogP contribution in [0.2, 0.25) is 5.02 Å². The number of rotatable bonds is 3. The second kappa shape index (κ2) is 5.29. The molecule has 0 unspecified atom stereocenters. The molecule has 0 bridgehead atoms. The van der Waals surface area contributed by atoms with E-state index >= 15 is 0 Å². The zero-order valence-electron chi connectivity index (χ0n) is 10.3. The summed E-state index contributed by atoms with van der Waals surface area (Å²) < 4.78 is 2.13. The van der Waals surface area contributed by atoms with E-state index in [0.717, 1.165) is 17.3 Å². The van der Waals surface area contributed by atoms with E-state index in [1.807, 2.05) is 48.9 Å². The number of benzene rings is 2. The van der Waals surface area contributed by atoms with Crippen LogP contribution in [-0.4, -0.2) is 9.55 Å². The largest absolute Gasteiger partial charge is 0.326 e. The molecule has 0 aliphatic heterocycles. The minimum Gasteiger partial charge on any atom is -0.326 e. The first-order valence-electron chi connectivity index (χ1n) is 6.13. The first-order chi connectivity index (χ1) is 9.33. The molecule has 0 spiro atoms. The fourth-order valence-corrected chi connectivity index (χ4v) is 2.34. The van der Waals surface area contributed by atoms with Gasteiger partial charge in [0.2, 0.25) is 0 Å². The Labute approximate surface area is 117 Å². The molecule has 1 heterocycles. The average molecular weight is 269 g/mol. The topological polar surface area (TPSA) is 17.8 Å². The Bertz CT molecular complexity index is 674. The molecule has 0 fully saturated rings. The quantitative estimate of drug-likeness (QED) is 0.694. The average Bonchev–Trinajstić information content (AvgIpc) is 2.88. The van der Waals surface area contributed by atoms with Crippen LogP contribution in [0.4, 0.5) is 0 Å². The summed E-state index contributed by atoms with van der Waals surface area (Å²) in [4.78, 5) is 4.25. The molecule has 0 aliphatic rings. The lowest BCUT2D eigenvalue weighted by molar-refractivity contribution is 0.805. The lowest BCUT2D eigenvalue weighted by atomic mass is 10.1. The van der Waals surface area contributed by atoms with Gasteiger partial charge in [-0.15, -0.1) is 0 Å². The number of halogens is 1. The maximum atomic E-state index is 6.02. The molecule has 1 aromatic heterocycles. The monoisotopic (exact) mass is 268 g/mol. The third kappa shape index (κ3) is 2.69. The molecule has 3 aromatic rings. The zero-order valence-corrected chi connectivity index (χ0v) is 11.1. The van der Waals surface area contributed by atoms with Gasteiger partial charge in [-0.3, -0.25) is 0 Å². The van der Waals surface area contributed by atoms with Crippen molar-refractivity contribution in [2.75, 3.05) is 0 Å². The first-order valence-corrected chi connectivity index (χ1v) is 6.51. The molecule has 3 rings (SSSR count). The van der Waals surface area contributed by atoms with Crippen LogP contribution in [0.3, 0.4) is 0 Å². The van der Waals surface area contributed by atoms with Crippen LogP contribution in [0.5, 0.6) is 0 Å². The van der Waals surface area contributed by atoms with Crippen molar-refractivity contribution < 1.29 is 0 Å². The lowest BCUT2D eigenvalue weighted by Crippen LogP contribution is -2.00. The number of nitrogens with zero attached hydrogens (tertiary/aromatic N) is 2. The molecule has 0 N–H and O–H groups in total. The summed E-state index contributed by atoms with van der Waals surface area (Å²) in [5.41, 5.74) is 3.45. The van der Waals surface area contributed by atoms with Crippen LogP contribution in [0.25, 0.3) is 11.3 Å². The van der Waals surface area contributed by atoms with Crippen LogP contribution in [0, 0.1) is 0 Å². The third-order valence-corrected chi connectivity index (χ3v) is 3.26. The summed E-state index contributed by atoms with van der Waals surface area (Å²) in [5, 5.41) is 0.763. The van der Waals surface area contributed by atoms with E-state index in [1.165, 1.54) is 11.1 Å². The second-order valence-corrected chi connectivity index (χ2v) is 4.84. The minimum atomic E-state index is 0.763. The highest BCUT2D eigenvalue weighted by Gasteiger charge is 2.05. The SMILES string of the molecule is Clc1cccc(Cn2cncc2-c2ccccc2)c1. The summed E-state index contributed by atoms with van der Waals surface area (Å²) in [6.45, 7) is 0.769. The predicted octanol–water partition coefficient (Wildman–Crippen LogP) is 4.25. The molecule has 0 saturated heterocycles. The molecule has 2 aromatic carbocycles. The van der Waals surface area contributed by atoms with Gasteiger partial charge in [-0.2, -0.15) is 0 Å². The Balaban J connectivity index is 1.93. The smallest absolute Gasteiger partial charge is 0.0954 e. The number of hydrogen-bond donors (Lipinski definition) is 0. The molecule has 0 aliphatic carbocycles. The van der Waals surface area contributed by atoms with Gasteiger partial charge in [-0.25, -0.2) is 4.98 Å². The van der Waals surface area contributed by atoms with Crippen molar-refractivity contribution in [1.29, 1.82) is 0 Å². The molecular weight excluding hydrogens is 256 g/mol. The molecular formula is C16H13ClN2. The van der Waals surface area contributed by atoms with Gasteiger partial charge in [0.15, 0.2) is 0 Å². The van der Waals surface area contributed by atoms with Crippen molar-refractivity contribution in [2.24, 2.45) is 0 Å². The van der Waals surface area contributed by atoms with Gasteiger partial charge in [-0.1, -0.05) is 54.1 Å². The van der Waals surface area contributed by atoms with Crippen LogP contribution in [0.15, 0.2) is 67.1 Å². The summed E-state index contributed by atoms with van der Waals surface area (Å²) in [6.07, 6.45) is 3.74. The van der Waals surface area contributed by atoms with Crippen molar-refractivity contribution in [2.45, 2.75) is 6.54 Å². The van der Waals surface area contributed by atoms with E-state index in [9.17, 15) is 0 Å². The van der Waals surface area contributed by atoms with E-state index < -0.39 is 0 Å². The van der Waals surface area contributed by atoms with E-state index in [2.05, 4.69) is 27.8 Å². The van der Waals surface area contributed by atoms with Gasteiger partial charge >= 0.3 is 0 Å². The maximum Gasteiger partial charge on any atom is 0.0954 e. The summed E-state index contributed by atoms with van der Waals surface area (Å²) in [7, 11) is 0. The van der Waals surface area contributed by atoms with E-state index in [-0.39, 0.29) is 0 Å². The summed E-state index contributed by atoms with van der Waals surface area (Å²) >= 11 is 6.02. The molecule has 0 saturated carbocycles. The molecule has 94 valence electrons. The molecule has 0 radical (unpaired) electrons. The second-order valence-electron chi connectivity index (χ2n) is 4.40. The van der Waals surface area contributed by atoms with Crippen LogP contribution < -0.4 is 0 Å². The van der Waals surface area contributed by atoms with Crippen molar-refractivity contribution in [1.82, 2.24) is 9.55 Å². The Morgan fingerprint density at radius 2 is 1.84 bits per heavy atom. The summed E-state index contributed by atoms with van der Waals surface area (Å²) in [5.74, 6) is 0. The van der Waals surface area contributed by atoms with E-state index in [0.29, 0.717) is 0 Å². The Morgan fingerprint density at radius 3 is 2.63 bits per heavy atom. The van der Waals surface area contributed by atoms with E-state index in [4.69, 9.17) is 11.6 Å². The standard InChI is InChI=1S/C16H13ClN2/c17-15-8-4-5-13(9-15)11-19-12-18-10-16(19)14-6-2-1-3-7-14/h1-10,12H,11H2. The maximum absolute atomic E-state index is 6.02. The highest BCUT2D eigenvalue weighted by atomic mass is 35.5. The van der Waals surface area contributed by atoms with Crippen LogP contribution in [0.1, 0.15) is 5.56 Å². The van der Waals surface area contributed by atoms with Crippen LogP contribution in [-0.2, 0) is 6.54 Å². The number of aromatic nitrogens is 2. The fraction of sp³-hybridized carbons (Fsp3) is 0.0625. The molecule has 3 heteroatoms. The predicted molar refractivity (Wildman–Crippen MR) is 78.2 cm³/mol. The van der Waals surface area contributed by atoms with Crippen molar-refractivity contribution in [3.63, 3.8) is 0 Å². The lowest BCUT2D eigenvalue weighted by Gasteiger charge is -2.08. The van der Waals surface area contributed by atoms with Gasteiger partial charge in [0.1, 0.15) is 0 Å². The molecule has 19 heavy (non-hydrogen) atoms. The van der Waals surface area contributed by atoms with Gasteiger partial charge in [-0.05, 0) is 23.3 Å². The van der Waals surface area contributed by atoms with Gasteiger partial charge in [0.05, 0.1) is 18.2 Å². The number of hydrogen-bond acceptors (Lipinski definition) is 1. The van der Waals surface area contributed by atoms with Gasteiger partial charge < -0.3 is 4.57 Å². The zero-order chi connectivity index (χ0) is 13.1. The summed E-state index contributed by atoms with van der Waals surface area (Å²) in [6, 6.07) is 18.2. The minimum absolute atomic E-state index is 0.763. The van der Waals surface area contributed by atoms with Gasteiger partial charge in [0.25, 0.3) is 0 Å². The highest BCUT2D eigenvalue weighted by molar-refractivity contribution is 6.30. The van der Waals surface area contributed by atoms with Gasteiger partial charge in [0, 0.05) is 11.6 Å². The fourth-order valence-electron chi connectivity index (χ4n) is 2.13. The molecule has 0 amide bonds. The van der Waals surface area contributed by atoms with Crippen LogP contribution >= 0.6 is 11.6 Å². The first kappa shape index (κ1) is 12.0. The molecule has 0 atom stereocenters. The van der Waals surface area contributed by atoms with Crippen molar-refractivity contribution in [3.8, 4) is 11.3 Å². The Morgan fingerprint density at radius 1 is 1.00 bits per heavy atom. The number of imidazole rings is 1. The molecule has 2 nitrogen and oxygen atoms in total. The third-order valence-electron chi connectivity index (χ3n) is 3.02. The normalized spacial score (nSPS) is 10.6. The van der Waals surface area contributed by atoms with Crippen molar-refractivity contribution >= 4 is 11.6 Å². The highest BCUT2D eigenvalue weighted by Crippen LogP contribution is 2.20. The van der Waals surface area contributed by atoms with E-state index in [1.54, 1.807) is 0 Å².